The molecular weight excluding hydrogens is 352 g/mol. The number of nitro benzene ring substituents is 1. The third-order valence-electron chi connectivity index (χ3n) is 4.21. The van der Waals surface area contributed by atoms with Crippen LogP contribution < -0.4 is 0 Å². The van der Waals surface area contributed by atoms with Crippen molar-refractivity contribution in [3.63, 3.8) is 0 Å². The molecule has 8 heteroatoms. The Hall–Kier alpha value is -3.68. The average Bonchev–Trinajstić information content (AvgIpc) is 3.01. The van der Waals surface area contributed by atoms with E-state index in [-0.39, 0.29) is 28.9 Å². The van der Waals surface area contributed by atoms with Crippen LogP contribution >= 0.6 is 0 Å². The van der Waals surface area contributed by atoms with Gasteiger partial charge in [0.25, 0.3) is 5.69 Å². The summed E-state index contributed by atoms with van der Waals surface area (Å²) in [5.74, 6) is -1.50. The summed E-state index contributed by atoms with van der Waals surface area (Å²) in [6, 6.07) is 13.4. The predicted molar refractivity (Wildman–Crippen MR) is 96.8 cm³/mol. The van der Waals surface area contributed by atoms with Crippen LogP contribution in [0.2, 0.25) is 0 Å². The minimum Gasteiger partial charge on any atom is -0.465 e. The van der Waals surface area contributed by atoms with Crippen LogP contribution in [0.4, 0.5) is 5.69 Å². The van der Waals surface area contributed by atoms with Gasteiger partial charge in [-0.1, -0.05) is 30.3 Å². The molecule has 3 rings (SSSR count). The molecule has 0 spiro atoms. The van der Waals surface area contributed by atoms with Crippen LogP contribution in [-0.2, 0) is 16.0 Å². The third kappa shape index (κ3) is 3.24. The van der Waals surface area contributed by atoms with Gasteiger partial charge in [0, 0.05) is 24.1 Å². The van der Waals surface area contributed by atoms with Crippen molar-refractivity contribution >= 4 is 28.5 Å². The molecule has 0 saturated carbocycles. The van der Waals surface area contributed by atoms with E-state index in [9.17, 15) is 19.7 Å². The molecule has 0 saturated heterocycles. The summed E-state index contributed by atoms with van der Waals surface area (Å²) >= 11 is 0. The lowest BCUT2D eigenvalue weighted by Crippen LogP contribution is -2.16. The Labute approximate surface area is 154 Å². The molecule has 138 valence electrons. The quantitative estimate of drug-likeness (QED) is 0.389. The first kappa shape index (κ1) is 18.1. The van der Waals surface area contributed by atoms with Gasteiger partial charge in [0.2, 0.25) is 0 Å². The minimum absolute atomic E-state index is 0.0105. The zero-order valence-corrected chi connectivity index (χ0v) is 14.7. The first-order valence-electron chi connectivity index (χ1n) is 7.99. The number of non-ortho nitro benzene ring substituents is 1. The number of fused-ring (bicyclic) bond motifs is 1. The molecule has 1 heterocycles. The lowest BCUT2D eigenvalue weighted by Gasteiger charge is -2.10. The Morgan fingerprint density at radius 1 is 1.04 bits per heavy atom. The number of aromatic nitrogens is 1. The van der Waals surface area contributed by atoms with Crippen molar-refractivity contribution in [1.82, 2.24) is 4.57 Å². The molecule has 3 aromatic rings. The maximum atomic E-state index is 12.5. The summed E-state index contributed by atoms with van der Waals surface area (Å²) in [6.07, 6.45) is 0. The molecule has 2 aromatic carbocycles. The van der Waals surface area contributed by atoms with Crippen molar-refractivity contribution in [2.24, 2.45) is 0 Å². The molecule has 0 aliphatic rings. The second kappa shape index (κ2) is 7.28. The number of nitrogens with zero attached hydrogens (tertiary/aromatic N) is 2. The van der Waals surface area contributed by atoms with Crippen LogP contribution in [0.3, 0.4) is 0 Å². The molecule has 0 atom stereocenters. The molecule has 0 N–H and O–H groups in total. The summed E-state index contributed by atoms with van der Waals surface area (Å²) in [4.78, 5) is 35.5. The summed E-state index contributed by atoms with van der Waals surface area (Å²) in [5.41, 5.74) is 1.11. The maximum absolute atomic E-state index is 12.5. The molecule has 0 aliphatic carbocycles. The zero-order valence-electron chi connectivity index (χ0n) is 14.7. The van der Waals surface area contributed by atoms with Crippen molar-refractivity contribution in [3.05, 3.63) is 75.5 Å². The lowest BCUT2D eigenvalue weighted by molar-refractivity contribution is -0.384. The number of esters is 2. The van der Waals surface area contributed by atoms with Crippen molar-refractivity contribution in [2.45, 2.75) is 6.54 Å². The smallest absolute Gasteiger partial charge is 0.355 e. The number of carbonyl (C=O) groups is 2. The van der Waals surface area contributed by atoms with E-state index in [0.29, 0.717) is 5.52 Å². The normalized spacial score (nSPS) is 10.6. The topological polar surface area (TPSA) is 101 Å². The second-order valence-electron chi connectivity index (χ2n) is 5.74. The first-order valence-corrected chi connectivity index (χ1v) is 7.99. The van der Waals surface area contributed by atoms with E-state index < -0.39 is 16.9 Å². The molecule has 0 bridgehead atoms. The molecule has 27 heavy (non-hydrogen) atoms. The van der Waals surface area contributed by atoms with Gasteiger partial charge in [0.15, 0.2) is 0 Å². The van der Waals surface area contributed by atoms with E-state index in [1.165, 1.54) is 32.4 Å². The number of rotatable bonds is 5. The molecule has 1 aromatic heterocycles. The largest absolute Gasteiger partial charge is 0.465 e. The van der Waals surface area contributed by atoms with Crippen molar-refractivity contribution in [2.75, 3.05) is 14.2 Å². The van der Waals surface area contributed by atoms with Crippen LogP contribution in [0.1, 0.15) is 26.4 Å². The summed E-state index contributed by atoms with van der Waals surface area (Å²) in [6.45, 7) is 0.274. The third-order valence-corrected chi connectivity index (χ3v) is 4.21. The summed E-state index contributed by atoms with van der Waals surface area (Å²) < 4.78 is 11.3. The number of ether oxygens (including phenoxy) is 2. The van der Waals surface area contributed by atoms with Crippen LogP contribution in [0.15, 0.2) is 48.5 Å². The van der Waals surface area contributed by atoms with Crippen LogP contribution in [0, 0.1) is 10.1 Å². The van der Waals surface area contributed by atoms with Crippen molar-refractivity contribution in [1.29, 1.82) is 0 Å². The molecule has 0 radical (unpaired) electrons. The van der Waals surface area contributed by atoms with Gasteiger partial charge in [0.05, 0.1) is 24.7 Å². The highest BCUT2D eigenvalue weighted by atomic mass is 16.6. The Morgan fingerprint density at radius 3 is 2.30 bits per heavy atom. The van der Waals surface area contributed by atoms with Gasteiger partial charge in [-0.15, -0.1) is 0 Å². The Balaban J connectivity index is 2.35. The molecule has 0 aliphatic heterocycles. The molecule has 0 unspecified atom stereocenters. The van der Waals surface area contributed by atoms with Gasteiger partial charge in [0.1, 0.15) is 11.3 Å². The Morgan fingerprint density at radius 2 is 1.70 bits per heavy atom. The van der Waals surface area contributed by atoms with Crippen molar-refractivity contribution < 1.29 is 24.0 Å². The second-order valence-corrected chi connectivity index (χ2v) is 5.74. The fourth-order valence-electron chi connectivity index (χ4n) is 3.00. The zero-order chi connectivity index (χ0) is 19.6. The SMILES string of the molecule is COC(=O)c1c(C(=O)OC)n(Cc2ccccc2)c2ccc([N+](=O)[O-])cc12. The molecule has 0 amide bonds. The fourth-order valence-corrected chi connectivity index (χ4v) is 3.00. The monoisotopic (exact) mass is 368 g/mol. The number of methoxy groups -OCH3 is 2. The number of carbonyl (C=O) groups excluding carboxylic acids is 2. The Kier molecular flexibility index (Phi) is 4.89. The summed E-state index contributed by atoms with van der Waals surface area (Å²) in [7, 11) is 2.39. The maximum Gasteiger partial charge on any atom is 0.355 e. The van der Waals surface area contributed by atoms with Crippen LogP contribution in [0.5, 0.6) is 0 Å². The van der Waals surface area contributed by atoms with Gasteiger partial charge >= 0.3 is 11.9 Å². The number of benzene rings is 2. The summed E-state index contributed by atoms with van der Waals surface area (Å²) in [5, 5.41) is 11.4. The number of hydrogen-bond donors (Lipinski definition) is 0. The average molecular weight is 368 g/mol. The molecular formula is C19H16N2O6. The van der Waals surface area contributed by atoms with Gasteiger partial charge in [-0.25, -0.2) is 9.59 Å². The van der Waals surface area contributed by atoms with E-state index in [2.05, 4.69) is 0 Å². The van der Waals surface area contributed by atoms with E-state index >= 15 is 0 Å². The van der Waals surface area contributed by atoms with E-state index in [4.69, 9.17) is 9.47 Å². The molecule has 8 nitrogen and oxygen atoms in total. The highest BCUT2D eigenvalue weighted by Crippen LogP contribution is 2.31. The van der Waals surface area contributed by atoms with E-state index in [1.807, 2.05) is 30.3 Å². The van der Waals surface area contributed by atoms with E-state index in [0.717, 1.165) is 5.56 Å². The molecule has 0 fully saturated rings. The number of hydrogen-bond acceptors (Lipinski definition) is 6. The highest BCUT2D eigenvalue weighted by molar-refractivity contribution is 6.13. The standard InChI is InChI=1S/C19H16N2O6/c1-26-18(22)16-14-10-13(21(24)25)8-9-15(14)20(17(16)19(23)27-2)11-12-6-4-3-5-7-12/h3-10H,11H2,1-2H3. The van der Waals surface area contributed by atoms with Crippen LogP contribution in [0.25, 0.3) is 10.9 Å². The Bertz CT molecular complexity index is 1040. The fraction of sp³-hybridized carbons (Fsp3) is 0.158. The van der Waals surface area contributed by atoms with Gasteiger partial charge in [-0.2, -0.15) is 0 Å². The van der Waals surface area contributed by atoms with Gasteiger partial charge < -0.3 is 14.0 Å². The highest BCUT2D eigenvalue weighted by Gasteiger charge is 2.29. The van der Waals surface area contributed by atoms with Crippen molar-refractivity contribution in [3.8, 4) is 0 Å². The van der Waals surface area contributed by atoms with Gasteiger partial charge in [-0.3, -0.25) is 10.1 Å². The van der Waals surface area contributed by atoms with E-state index in [1.54, 1.807) is 4.57 Å². The first-order chi connectivity index (χ1) is 13.0. The lowest BCUT2D eigenvalue weighted by atomic mass is 10.1. The predicted octanol–water partition coefficient (Wildman–Crippen LogP) is 3.17. The van der Waals surface area contributed by atoms with Gasteiger partial charge in [-0.05, 0) is 11.6 Å². The minimum atomic E-state index is -0.771. The number of nitro groups is 1. The van der Waals surface area contributed by atoms with Crippen LogP contribution in [-0.4, -0.2) is 35.6 Å².